The molecule has 2 fully saturated rings. The number of sulfonamides is 1. The number of hydrogen-bond acceptors (Lipinski definition) is 7. The van der Waals surface area contributed by atoms with E-state index in [2.05, 4.69) is 16.1 Å². The molecule has 1 aromatic carbocycles. The fourth-order valence-electron chi connectivity index (χ4n) is 4.51. The van der Waals surface area contributed by atoms with Crippen molar-refractivity contribution in [2.24, 2.45) is 0 Å². The van der Waals surface area contributed by atoms with Crippen molar-refractivity contribution in [2.75, 3.05) is 26.0 Å². The number of piperidine rings is 1. The van der Waals surface area contributed by atoms with E-state index in [9.17, 15) is 13.2 Å². The number of carbonyl (C=O) groups is 1. The van der Waals surface area contributed by atoms with Crippen molar-refractivity contribution in [1.29, 1.82) is 5.26 Å². The van der Waals surface area contributed by atoms with Crippen LogP contribution in [0.3, 0.4) is 0 Å². The van der Waals surface area contributed by atoms with Crippen molar-refractivity contribution >= 4 is 16.3 Å². The summed E-state index contributed by atoms with van der Waals surface area (Å²) in [6.45, 7) is 1.31. The molecule has 1 aliphatic carbocycles. The highest BCUT2D eigenvalue weighted by Crippen LogP contribution is 2.38. The van der Waals surface area contributed by atoms with E-state index in [1.165, 1.54) is 6.26 Å². The summed E-state index contributed by atoms with van der Waals surface area (Å²) in [6.07, 6.45) is 7.43. The number of nitrogens with zero attached hydrogens (tertiary/aromatic N) is 1. The molecule has 0 aromatic heterocycles. The maximum absolute atomic E-state index is 11.6. The van der Waals surface area contributed by atoms with Gasteiger partial charge < -0.3 is 14.8 Å². The normalized spacial score (nSPS) is 26.7. The number of benzene rings is 1. The second-order valence-corrected chi connectivity index (χ2v) is 10.1. The Morgan fingerprint density at radius 1 is 1.26 bits per heavy atom. The first-order valence-corrected chi connectivity index (χ1v) is 12.7. The number of nitriles is 1. The van der Waals surface area contributed by atoms with Crippen LogP contribution in [-0.2, 0) is 19.6 Å². The topological polar surface area (TPSA) is 118 Å². The number of rotatable bonds is 9. The summed E-state index contributed by atoms with van der Waals surface area (Å²) in [5.41, 5.74) is 1.55. The fraction of sp³-hybridized carbons (Fsp3) is 0.636. The molecule has 0 radical (unpaired) electrons. The van der Waals surface area contributed by atoms with Gasteiger partial charge in [0.15, 0.2) is 6.29 Å². The summed E-state index contributed by atoms with van der Waals surface area (Å²) in [6, 6.07) is 7.36. The summed E-state index contributed by atoms with van der Waals surface area (Å²) < 4.78 is 37.7. The van der Waals surface area contributed by atoms with Crippen molar-refractivity contribution in [3.8, 4) is 11.8 Å². The van der Waals surface area contributed by atoms with Gasteiger partial charge in [-0.3, -0.25) is 4.79 Å². The Bertz CT molecular complexity index is 891. The van der Waals surface area contributed by atoms with Crippen LogP contribution in [0.4, 0.5) is 0 Å². The van der Waals surface area contributed by atoms with Gasteiger partial charge in [0.05, 0.1) is 30.6 Å². The van der Waals surface area contributed by atoms with Gasteiger partial charge in [-0.15, -0.1) is 0 Å². The van der Waals surface area contributed by atoms with Crippen LogP contribution in [0, 0.1) is 11.3 Å². The Hall–Kier alpha value is -1.99. The number of nitrogens with one attached hydrogen (secondary N) is 2. The minimum absolute atomic E-state index is 0.0249. The van der Waals surface area contributed by atoms with Gasteiger partial charge >= 0.3 is 0 Å². The molecule has 3 rings (SSSR count). The summed E-state index contributed by atoms with van der Waals surface area (Å²) in [5, 5.41) is 12.5. The smallest absolute Gasteiger partial charge is 0.209 e. The predicted molar refractivity (Wildman–Crippen MR) is 116 cm³/mol. The minimum atomic E-state index is -3.25. The van der Waals surface area contributed by atoms with Gasteiger partial charge in [-0.25, -0.2) is 13.1 Å². The second kappa shape index (κ2) is 11.0. The molecule has 0 spiro atoms. The third kappa shape index (κ3) is 7.01. The van der Waals surface area contributed by atoms with Crippen molar-refractivity contribution in [3.63, 3.8) is 0 Å². The standard InChI is InChI=1S/C22H31N3O5S/c1-31(27,28)25-20-3-2-10-24-21(20)15-30-18-7-5-17(6-8-18)19-9-4-16(14-23)13-22(19)29-12-11-26/h4,9,11,13,17-18,20-21,24-25H,2-3,5-8,10,12,15H2,1H3/t17?,18?,20-,21-/m0/s1. The highest BCUT2D eigenvalue weighted by Gasteiger charge is 2.30. The highest BCUT2D eigenvalue weighted by molar-refractivity contribution is 7.88. The zero-order valence-electron chi connectivity index (χ0n) is 17.9. The largest absolute Gasteiger partial charge is 0.486 e. The van der Waals surface area contributed by atoms with E-state index >= 15 is 0 Å². The van der Waals surface area contributed by atoms with E-state index in [0.717, 1.165) is 50.6 Å². The summed E-state index contributed by atoms with van der Waals surface area (Å²) in [7, 11) is -3.25. The molecular weight excluding hydrogens is 418 g/mol. The van der Waals surface area contributed by atoms with Crippen LogP contribution in [0.15, 0.2) is 18.2 Å². The van der Waals surface area contributed by atoms with E-state index in [1.54, 1.807) is 12.1 Å². The van der Waals surface area contributed by atoms with Crippen LogP contribution in [-0.4, -0.2) is 58.9 Å². The first-order valence-electron chi connectivity index (χ1n) is 10.8. The molecular formula is C22H31N3O5S. The average Bonchev–Trinajstić information content (AvgIpc) is 2.76. The van der Waals surface area contributed by atoms with Crippen LogP contribution in [0.25, 0.3) is 0 Å². The van der Waals surface area contributed by atoms with Crippen LogP contribution < -0.4 is 14.8 Å². The summed E-state index contributed by atoms with van der Waals surface area (Å²) in [5.74, 6) is 0.901. The van der Waals surface area contributed by atoms with Crippen molar-refractivity contribution in [3.05, 3.63) is 29.3 Å². The molecule has 1 heterocycles. The molecule has 1 aromatic rings. The van der Waals surface area contributed by atoms with Crippen LogP contribution in [0.1, 0.15) is 55.6 Å². The molecule has 0 unspecified atom stereocenters. The maximum atomic E-state index is 11.6. The van der Waals surface area contributed by atoms with Gasteiger partial charge in [0, 0.05) is 12.1 Å². The van der Waals surface area contributed by atoms with Gasteiger partial charge in [0.2, 0.25) is 10.0 Å². The van der Waals surface area contributed by atoms with Crippen molar-refractivity contribution in [2.45, 2.75) is 62.6 Å². The molecule has 2 aliphatic rings. The SMILES string of the molecule is CS(=O)(=O)N[C@H]1CCCN[C@H]1COC1CCC(c2ccc(C#N)cc2OCC=O)CC1. The molecule has 170 valence electrons. The lowest BCUT2D eigenvalue weighted by Crippen LogP contribution is -2.55. The van der Waals surface area contributed by atoms with E-state index in [-0.39, 0.29) is 24.8 Å². The van der Waals surface area contributed by atoms with Crippen LogP contribution in [0.5, 0.6) is 5.75 Å². The molecule has 1 aliphatic heterocycles. The summed E-state index contributed by atoms with van der Waals surface area (Å²) >= 11 is 0. The monoisotopic (exact) mass is 449 g/mol. The lowest BCUT2D eigenvalue weighted by molar-refractivity contribution is -0.109. The Morgan fingerprint density at radius 3 is 2.71 bits per heavy atom. The van der Waals surface area contributed by atoms with Crippen molar-refractivity contribution in [1.82, 2.24) is 10.0 Å². The van der Waals surface area contributed by atoms with E-state index in [1.807, 2.05) is 6.07 Å². The maximum Gasteiger partial charge on any atom is 0.209 e. The van der Waals surface area contributed by atoms with Gasteiger partial charge in [-0.2, -0.15) is 5.26 Å². The molecule has 2 atom stereocenters. The first kappa shape index (κ1) is 23.7. The summed E-state index contributed by atoms with van der Waals surface area (Å²) in [4.78, 5) is 10.7. The zero-order valence-corrected chi connectivity index (χ0v) is 18.7. The number of aldehydes is 1. The van der Waals surface area contributed by atoms with Crippen molar-refractivity contribution < 1.29 is 22.7 Å². The van der Waals surface area contributed by atoms with E-state index in [4.69, 9.17) is 14.7 Å². The lowest BCUT2D eigenvalue weighted by atomic mass is 9.82. The number of ether oxygens (including phenoxy) is 2. The molecule has 1 saturated heterocycles. The quantitative estimate of drug-likeness (QED) is 0.553. The number of hydrogen-bond donors (Lipinski definition) is 2. The Balaban J connectivity index is 1.54. The molecule has 8 nitrogen and oxygen atoms in total. The molecule has 0 bridgehead atoms. The van der Waals surface area contributed by atoms with Crippen LogP contribution in [0.2, 0.25) is 0 Å². The third-order valence-corrected chi connectivity index (χ3v) is 6.76. The highest BCUT2D eigenvalue weighted by atomic mass is 32.2. The Morgan fingerprint density at radius 2 is 2.03 bits per heavy atom. The van der Waals surface area contributed by atoms with Gasteiger partial charge in [-0.05, 0) is 68.7 Å². The molecule has 0 amide bonds. The van der Waals surface area contributed by atoms with E-state index < -0.39 is 10.0 Å². The van der Waals surface area contributed by atoms with Gasteiger partial charge in [0.1, 0.15) is 12.4 Å². The third-order valence-electron chi connectivity index (χ3n) is 6.02. The van der Waals surface area contributed by atoms with E-state index in [0.29, 0.717) is 30.1 Å². The average molecular weight is 450 g/mol. The molecule has 2 N–H and O–H groups in total. The van der Waals surface area contributed by atoms with Crippen LogP contribution >= 0.6 is 0 Å². The second-order valence-electron chi connectivity index (χ2n) is 8.35. The molecule has 9 heteroatoms. The Kier molecular flexibility index (Phi) is 8.43. The lowest BCUT2D eigenvalue weighted by Gasteiger charge is -2.35. The fourth-order valence-corrected chi connectivity index (χ4v) is 5.35. The van der Waals surface area contributed by atoms with Gasteiger partial charge in [0.25, 0.3) is 0 Å². The molecule has 31 heavy (non-hydrogen) atoms. The predicted octanol–water partition coefficient (Wildman–Crippen LogP) is 1.85. The Labute approximate surface area is 184 Å². The molecule has 1 saturated carbocycles. The first-order chi connectivity index (χ1) is 14.9. The number of carbonyl (C=O) groups excluding carboxylic acids is 1. The van der Waals surface area contributed by atoms with Gasteiger partial charge in [-0.1, -0.05) is 6.07 Å². The minimum Gasteiger partial charge on any atom is -0.486 e. The zero-order chi connectivity index (χ0) is 22.3.